The van der Waals surface area contributed by atoms with Crippen molar-refractivity contribution in [2.45, 2.75) is 20.3 Å². The Morgan fingerprint density at radius 3 is 2.65 bits per heavy atom. The Labute approximate surface area is 105 Å². The Hall–Kier alpha value is -1.55. The van der Waals surface area contributed by atoms with E-state index in [1.54, 1.807) is 18.4 Å². The fourth-order valence-electron chi connectivity index (χ4n) is 1.77. The monoisotopic (exact) mass is 248 g/mol. The highest BCUT2D eigenvalue weighted by Gasteiger charge is 2.08. The largest absolute Gasteiger partial charge is 0.497 e. The van der Waals surface area contributed by atoms with Crippen LogP contribution in [-0.4, -0.2) is 12.1 Å². The molecule has 0 spiro atoms. The molecule has 0 fully saturated rings. The number of aryl methyl sites for hydroxylation is 2. The summed E-state index contributed by atoms with van der Waals surface area (Å²) in [5, 5.41) is 1.10. The third-order valence-electron chi connectivity index (χ3n) is 2.70. The summed E-state index contributed by atoms with van der Waals surface area (Å²) >= 11 is 1.73. The second-order valence-corrected chi connectivity index (χ2v) is 5.27. The first-order valence-electron chi connectivity index (χ1n) is 5.45. The van der Waals surface area contributed by atoms with Crippen LogP contribution in [0.15, 0.2) is 18.2 Å². The van der Waals surface area contributed by atoms with Crippen LogP contribution in [0.25, 0.3) is 0 Å². The van der Waals surface area contributed by atoms with Crippen molar-refractivity contribution in [2.24, 2.45) is 0 Å². The van der Waals surface area contributed by atoms with Gasteiger partial charge in [0.1, 0.15) is 5.75 Å². The van der Waals surface area contributed by atoms with E-state index in [-0.39, 0.29) is 0 Å². The molecule has 0 bridgehead atoms. The van der Waals surface area contributed by atoms with Crippen molar-refractivity contribution in [1.82, 2.24) is 4.98 Å². The summed E-state index contributed by atoms with van der Waals surface area (Å²) < 4.78 is 5.14. The summed E-state index contributed by atoms with van der Waals surface area (Å²) in [5.74, 6) is 0.795. The van der Waals surface area contributed by atoms with Gasteiger partial charge in [-0.05, 0) is 25.5 Å². The van der Waals surface area contributed by atoms with Crippen molar-refractivity contribution in [1.29, 1.82) is 0 Å². The second kappa shape index (κ2) is 4.75. The van der Waals surface area contributed by atoms with Crippen LogP contribution in [0.1, 0.15) is 21.1 Å². The van der Waals surface area contributed by atoms with Crippen LogP contribution in [0.2, 0.25) is 0 Å². The van der Waals surface area contributed by atoms with Crippen molar-refractivity contribution in [3.63, 3.8) is 0 Å². The highest BCUT2D eigenvalue weighted by molar-refractivity contribution is 7.11. The maximum atomic E-state index is 6.01. The number of rotatable bonds is 3. The van der Waals surface area contributed by atoms with Crippen LogP contribution in [0.4, 0.5) is 5.69 Å². The van der Waals surface area contributed by atoms with E-state index < -0.39 is 0 Å². The topological polar surface area (TPSA) is 48.1 Å². The molecule has 2 rings (SSSR count). The average Bonchev–Trinajstić information content (AvgIpc) is 2.60. The molecule has 0 radical (unpaired) electrons. The fraction of sp³-hybridized carbons (Fsp3) is 0.308. The molecule has 90 valence electrons. The lowest BCUT2D eigenvalue weighted by molar-refractivity contribution is 0.415. The number of aromatic nitrogens is 1. The first-order chi connectivity index (χ1) is 8.10. The van der Waals surface area contributed by atoms with Gasteiger partial charge in [-0.3, -0.25) is 0 Å². The molecule has 1 aromatic heterocycles. The highest BCUT2D eigenvalue weighted by Crippen LogP contribution is 2.26. The van der Waals surface area contributed by atoms with Crippen LogP contribution in [-0.2, 0) is 6.42 Å². The van der Waals surface area contributed by atoms with Gasteiger partial charge in [0, 0.05) is 23.1 Å². The summed E-state index contributed by atoms with van der Waals surface area (Å²) in [7, 11) is 1.64. The molecule has 1 aromatic carbocycles. The summed E-state index contributed by atoms with van der Waals surface area (Å²) in [5.41, 5.74) is 9.00. The van der Waals surface area contributed by atoms with Gasteiger partial charge >= 0.3 is 0 Å². The molecule has 0 atom stereocenters. The molecule has 0 aliphatic carbocycles. The first kappa shape index (κ1) is 11.9. The fourth-order valence-corrected chi connectivity index (χ4v) is 2.73. The number of benzene rings is 1. The average molecular weight is 248 g/mol. The molecule has 0 aliphatic rings. The van der Waals surface area contributed by atoms with E-state index in [1.807, 2.05) is 32.0 Å². The molecule has 2 N–H and O–H groups in total. The first-order valence-corrected chi connectivity index (χ1v) is 6.27. The van der Waals surface area contributed by atoms with Crippen molar-refractivity contribution < 1.29 is 4.74 Å². The molecular weight excluding hydrogens is 232 g/mol. The number of hydrogen-bond donors (Lipinski definition) is 1. The van der Waals surface area contributed by atoms with Crippen LogP contribution in [0.5, 0.6) is 5.75 Å². The van der Waals surface area contributed by atoms with Gasteiger partial charge < -0.3 is 10.5 Å². The summed E-state index contributed by atoms with van der Waals surface area (Å²) in [6.45, 7) is 4.07. The van der Waals surface area contributed by atoms with Gasteiger partial charge in [-0.2, -0.15) is 0 Å². The van der Waals surface area contributed by atoms with Crippen LogP contribution in [0.3, 0.4) is 0 Å². The number of anilines is 1. The highest BCUT2D eigenvalue weighted by atomic mass is 32.1. The molecule has 0 unspecified atom stereocenters. The Bertz CT molecular complexity index is 534. The van der Waals surface area contributed by atoms with E-state index in [0.717, 1.165) is 34.1 Å². The van der Waals surface area contributed by atoms with Crippen molar-refractivity contribution in [3.8, 4) is 5.75 Å². The molecule has 0 saturated heterocycles. The maximum Gasteiger partial charge on any atom is 0.120 e. The molecule has 1 heterocycles. The number of methoxy groups -OCH3 is 1. The number of hydrogen-bond acceptors (Lipinski definition) is 4. The molecule has 0 saturated carbocycles. The third kappa shape index (κ3) is 2.58. The Balaban J connectivity index is 2.27. The minimum absolute atomic E-state index is 0.773. The zero-order chi connectivity index (χ0) is 12.4. The van der Waals surface area contributed by atoms with Gasteiger partial charge in [-0.25, -0.2) is 4.98 Å². The minimum Gasteiger partial charge on any atom is -0.497 e. The maximum absolute atomic E-state index is 6.01. The van der Waals surface area contributed by atoms with E-state index in [1.165, 1.54) is 4.88 Å². The zero-order valence-corrected chi connectivity index (χ0v) is 11.1. The van der Waals surface area contributed by atoms with Crippen LogP contribution >= 0.6 is 11.3 Å². The number of ether oxygens (including phenoxy) is 1. The molecule has 3 nitrogen and oxygen atoms in total. The van der Waals surface area contributed by atoms with Gasteiger partial charge in [-0.15, -0.1) is 11.3 Å². The standard InChI is InChI=1S/C13H16N2OS/c1-8-13(17-9(2)15-8)6-10-4-5-11(16-3)7-12(10)14/h4-5,7H,6,14H2,1-3H3. The SMILES string of the molecule is COc1ccc(Cc2sc(C)nc2C)c(N)c1. The van der Waals surface area contributed by atoms with E-state index >= 15 is 0 Å². The number of nitrogen functional groups attached to an aromatic ring is 1. The van der Waals surface area contributed by atoms with Gasteiger partial charge in [0.15, 0.2) is 0 Å². The van der Waals surface area contributed by atoms with Crippen LogP contribution in [0, 0.1) is 13.8 Å². The lowest BCUT2D eigenvalue weighted by Crippen LogP contribution is -1.96. The molecule has 0 aliphatic heterocycles. The second-order valence-electron chi connectivity index (χ2n) is 3.98. The van der Waals surface area contributed by atoms with E-state index in [4.69, 9.17) is 10.5 Å². The molecular formula is C13H16N2OS. The lowest BCUT2D eigenvalue weighted by Gasteiger charge is -2.07. The Morgan fingerprint density at radius 2 is 2.12 bits per heavy atom. The van der Waals surface area contributed by atoms with Crippen LogP contribution < -0.4 is 10.5 Å². The number of nitrogens with zero attached hydrogens (tertiary/aromatic N) is 1. The van der Waals surface area contributed by atoms with E-state index in [2.05, 4.69) is 4.98 Å². The van der Waals surface area contributed by atoms with Crippen molar-refractivity contribution in [2.75, 3.05) is 12.8 Å². The molecule has 17 heavy (non-hydrogen) atoms. The lowest BCUT2D eigenvalue weighted by atomic mass is 10.1. The van der Waals surface area contributed by atoms with Crippen molar-refractivity contribution >= 4 is 17.0 Å². The number of nitrogens with two attached hydrogens (primary N) is 1. The summed E-state index contributed by atoms with van der Waals surface area (Å²) in [4.78, 5) is 5.70. The van der Waals surface area contributed by atoms with Crippen molar-refractivity contribution in [3.05, 3.63) is 39.3 Å². The van der Waals surface area contributed by atoms with Gasteiger partial charge in [0.25, 0.3) is 0 Å². The quantitative estimate of drug-likeness (QED) is 0.850. The minimum atomic E-state index is 0.773. The van der Waals surface area contributed by atoms with Gasteiger partial charge in [-0.1, -0.05) is 6.07 Å². The van der Waals surface area contributed by atoms with E-state index in [0.29, 0.717) is 0 Å². The van der Waals surface area contributed by atoms with Gasteiger partial charge in [0.2, 0.25) is 0 Å². The Kier molecular flexibility index (Phi) is 3.33. The molecule has 2 aromatic rings. The predicted molar refractivity (Wildman–Crippen MR) is 71.8 cm³/mol. The smallest absolute Gasteiger partial charge is 0.120 e. The third-order valence-corrected chi connectivity index (χ3v) is 3.78. The Morgan fingerprint density at radius 1 is 1.35 bits per heavy atom. The van der Waals surface area contributed by atoms with E-state index in [9.17, 15) is 0 Å². The van der Waals surface area contributed by atoms with Gasteiger partial charge in [0.05, 0.1) is 17.8 Å². The predicted octanol–water partition coefficient (Wildman–Crippen LogP) is 2.94. The summed E-state index contributed by atoms with van der Waals surface area (Å²) in [6, 6.07) is 5.82. The molecule has 0 amide bonds. The molecule has 4 heteroatoms. The normalized spacial score (nSPS) is 10.5. The summed E-state index contributed by atoms with van der Waals surface area (Å²) in [6.07, 6.45) is 0.840. The zero-order valence-electron chi connectivity index (χ0n) is 10.3. The number of thiazole rings is 1.